The molecular weight excluding hydrogens is 365 g/mol. The van der Waals surface area contributed by atoms with Crippen molar-refractivity contribution in [2.24, 2.45) is 0 Å². The fourth-order valence-electron chi connectivity index (χ4n) is 2.33. The number of aromatic nitrogens is 2. The van der Waals surface area contributed by atoms with Crippen molar-refractivity contribution in [3.8, 4) is 17.1 Å². The van der Waals surface area contributed by atoms with Crippen molar-refractivity contribution in [2.45, 2.75) is 6.54 Å². The Balaban J connectivity index is 1.85. The highest BCUT2D eigenvalue weighted by molar-refractivity contribution is 6.31. The van der Waals surface area contributed by atoms with E-state index in [2.05, 4.69) is 15.0 Å². The van der Waals surface area contributed by atoms with Crippen LogP contribution in [0.5, 0.6) is 5.75 Å². The van der Waals surface area contributed by atoms with E-state index < -0.39 is 17.5 Å². The van der Waals surface area contributed by atoms with E-state index in [1.54, 1.807) is 12.1 Å². The van der Waals surface area contributed by atoms with Gasteiger partial charge in [-0.1, -0.05) is 16.8 Å². The number of hydrogen-bond acceptors (Lipinski definition) is 5. The maximum Gasteiger partial charge on any atom is 0.442 e. The zero-order valence-electron chi connectivity index (χ0n) is 13.5. The third-order valence-electron chi connectivity index (χ3n) is 3.53. The zero-order valence-corrected chi connectivity index (χ0v) is 14.3. The Bertz CT molecular complexity index is 998. The molecule has 0 radical (unpaired) electrons. The molecule has 0 unspecified atom stereocenters. The van der Waals surface area contributed by atoms with Gasteiger partial charge in [0.25, 0.3) is 0 Å². The maximum atomic E-state index is 13.1. The van der Waals surface area contributed by atoms with Crippen LogP contribution >= 0.6 is 11.6 Å². The van der Waals surface area contributed by atoms with Crippen LogP contribution in [0.15, 0.2) is 51.8 Å². The van der Waals surface area contributed by atoms with E-state index in [1.165, 1.54) is 37.4 Å². The summed E-state index contributed by atoms with van der Waals surface area (Å²) < 4.78 is 23.9. The number of carbonyl (C=O) groups is 1. The molecule has 0 aliphatic heterocycles. The van der Waals surface area contributed by atoms with Crippen LogP contribution in [0.2, 0.25) is 5.02 Å². The van der Waals surface area contributed by atoms with E-state index in [0.29, 0.717) is 22.0 Å². The number of amides is 1. The smallest absolute Gasteiger partial charge is 0.442 e. The summed E-state index contributed by atoms with van der Waals surface area (Å²) in [5.41, 5.74) is 0.795. The fourth-order valence-corrected chi connectivity index (χ4v) is 2.50. The highest BCUT2D eigenvalue weighted by atomic mass is 35.5. The monoisotopic (exact) mass is 377 g/mol. The number of anilines is 1. The van der Waals surface area contributed by atoms with E-state index >= 15 is 0 Å². The lowest BCUT2D eigenvalue weighted by atomic mass is 10.2. The van der Waals surface area contributed by atoms with Gasteiger partial charge >= 0.3 is 5.76 Å². The summed E-state index contributed by atoms with van der Waals surface area (Å²) in [6.45, 7) is -0.356. The van der Waals surface area contributed by atoms with Crippen molar-refractivity contribution in [2.75, 3.05) is 12.4 Å². The number of methoxy groups -OCH3 is 1. The van der Waals surface area contributed by atoms with Gasteiger partial charge in [-0.05, 0) is 42.5 Å². The molecule has 1 N–H and O–H groups in total. The van der Waals surface area contributed by atoms with Gasteiger partial charge < -0.3 is 10.1 Å². The number of benzene rings is 2. The van der Waals surface area contributed by atoms with Gasteiger partial charge in [0.05, 0.1) is 12.8 Å². The zero-order chi connectivity index (χ0) is 18.7. The molecule has 0 bridgehead atoms. The molecule has 3 aromatic rings. The van der Waals surface area contributed by atoms with Crippen molar-refractivity contribution in [3.05, 3.63) is 63.9 Å². The van der Waals surface area contributed by atoms with Crippen LogP contribution in [-0.4, -0.2) is 22.7 Å². The van der Waals surface area contributed by atoms with Gasteiger partial charge in [-0.3, -0.25) is 9.32 Å². The second kappa shape index (κ2) is 7.40. The van der Waals surface area contributed by atoms with Crippen molar-refractivity contribution in [1.82, 2.24) is 9.72 Å². The molecule has 134 valence electrons. The van der Waals surface area contributed by atoms with Crippen LogP contribution < -0.4 is 15.8 Å². The largest absolute Gasteiger partial charge is 0.495 e. The van der Waals surface area contributed by atoms with Crippen molar-refractivity contribution < 1.29 is 18.4 Å². The molecule has 9 heteroatoms. The minimum absolute atomic E-state index is 0.114. The van der Waals surface area contributed by atoms with E-state index in [-0.39, 0.29) is 12.4 Å². The second-order valence-corrected chi connectivity index (χ2v) is 5.69. The summed E-state index contributed by atoms with van der Waals surface area (Å²) in [7, 11) is 1.45. The summed E-state index contributed by atoms with van der Waals surface area (Å²) in [5, 5.41) is 6.68. The first-order valence-corrected chi connectivity index (χ1v) is 7.81. The van der Waals surface area contributed by atoms with E-state index in [9.17, 15) is 14.0 Å². The minimum atomic E-state index is -0.808. The van der Waals surface area contributed by atoms with Crippen LogP contribution in [0.25, 0.3) is 11.4 Å². The Morgan fingerprint density at radius 1 is 1.31 bits per heavy atom. The number of hydrogen-bond donors (Lipinski definition) is 1. The first-order chi connectivity index (χ1) is 12.5. The Hall–Kier alpha value is -3.13. The molecule has 0 saturated carbocycles. The lowest BCUT2D eigenvalue weighted by molar-refractivity contribution is -0.116. The summed E-state index contributed by atoms with van der Waals surface area (Å²) in [6.07, 6.45) is 0. The third kappa shape index (κ3) is 3.75. The van der Waals surface area contributed by atoms with Crippen molar-refractivity contribution >= 4 is 23.2 Å². The number of carbonyl (C=O) groups excluding carboxylic acids is 1. The van der Waals surface area contributed by atoms with Crippen molar-refractivity contribution in [1.29, 1.82) is 0 Å². The van der Waals surface area contributed by atoms with Gasteiger partial charge in [-0.15, -0.1) is 0 Å². The SMILES string of the molecule is COc1ccc(Cl)cc1NC(=O)Cn1c(-c2ccc(F)cc2)noc1=O. The average molecular weight is 378 g/mol. The predicted molar refractivity (Wildman–Crippen MR) is 92.8 cm³/mol. The van der Waals surface area contributed by atoms with Crippen LogP contribution in [0.1, 0.15) is 0 Å². The van der Waals surface area contributed by atoms with Crippen LogP contribution in [0, 0.1) is 5.82 Å². The van der Waals surface area contributed by atoms with Gasteiger partial charge in [-0.2, -0.15) is 0 Å². The summed E-state index contributed by atoms with van der Waals surface area (Å²) in [6, 6.07) is 10.0. The van der Waals surface area contributed by atoms with Gasteiger partial charge in [0.2, 0.25) is 5.91 Å². The Morgan fingerprint density at radius 3 is 2.73 bits per heavy atom. The van der Waals surface area contributed by atoms with Gasteiger partial charge in [-0.25, -0.2) is 13.8 Å². The molecule has 0 aliphatic rings. The lowest BCUT2D eigenvalue weighted by Gasteiger charge is -2.11. The highest BCUT2D eigenvalue weighted by Gasteiger charge is 2.17. The number of nitrogens with zero attached hydrogens (tertiary/aromatic N) is 2. The molecule has 1 heterocycles. The molecule has 0 aliphatic carbocycles. The molecule has 0 atom stereocenters. The number of ether oxygens (including phenoxy) is 1. The molecular formula is C17H13ClFN3O4. The molecule has 7 nitrogen and oxygen atoms in total. The van der Waals surface area contributed by atoms with E-state index in [0.717, 1.165) is 4.57 Å². The molecule has 2 aromatic carbocycles. The first kappa shape index (κ1) is 17.7. The minimum Gasteiger partial charge on any atom is -0.495 e. The molecule has 0 spiro atoms. The Morgan fingerprint density at radius 2 is 2.04 bits per heavy atom. The van der Waals surface area contributed by atoms with Crippen molar-refractivity contribution in [3.63, 3.8) is 0 Å². The van der Waals surface area contributed by atoms with Crippen LogP contribution in [0.3, 0.4) is 0 Å². The maximum absolute atomic E-state index is 13.1. The lowest BCUT2D eigenvalue weighted by Crippen LogP contribution is -2.25. The summed E-state index contributed by atoms with van der Waals surface area (Å²) in [5.74, 6) is -1.23. The Kier molecular flexibility index (Phi) is 5.04. The normalized spacial score (nSPS) is 10.6. The van der Waals surface area contributed by atoms with Crippen LogP contribution in [0.4, 0.5) is 10.1 Å². The molecule has 26 heavy (non-hydrogen) atoms. The quantitative estimate of drug-likeness (QED) is 0.738. The molecule has 0 saturated heterocycles. The van der Waals surface area contributed by atoms with Gasteiger partial charge in [0, 0.05) is 10.6 Å². The predicted octanol–water partition coefficient (Wildman–Crippen LogP) is 2.94. The molecule has 1 aromatic heterocycles. The molecule has 1 amide bonds. The number of rotatable bonds is 5. The molecule has 3 rings (SSSR count). The number of nitrogens with one attached hydrogen (secondary N) is 1. The second-order valence-electron chi connectivity index (χ2n) is 5.26. The fraction of sp³-hybridized carbons (Fsp3) is 0.118. The highest BCUT2D eigenvalue weighted by Crippen LogP contribution is 2.27. The number of halogens is 2. The van der Waals surface area contributed by atoms with Gasteiger partial charge in [0.15, 0.2) is 5.82 Å². The standard InChI is InChI=1S/C17H13ClFN3O4/c1-25-14-7-4-11(18)8-13(14)20-15(23)9-22-16(21-26-17(22)24)10-2-5-12(19)6-3-10/h2-8H,9H2,1H3,(H,20,23). The van der Waals surface area contributed by atoms with Gasteiger partial charge in [0.1, 0.15) is 18.1 Å². The molecule has 0 fully saturated rings. The first-order valence-electron chi connectivity index (χ1n) is 7.44. The van der Waals surface area contributed by atoms with E-state index in [4.69, 9.17) is 16.3 Å². The van der Waals surface area contributed by atoms with Crippen LogP contribution in [-0.2, 0) is 11.3 Å². The summed E-state index contributed by atoms with van der Waals surface area (Å²) >= 11 is 5.93. The topological polar surface area (TPSA) is 86.4 Å². The third-order valence-corrected chi connectivity index (χ3v) is 3.76. The van der Waals surface area contributed by atoms with E-state index in [1.807, 2.05) is 0 Å². The Labute approximate surface area is 151 Å². The average Bonchev–Trinajstić information content (AvgIpc) is 2.96. The summed E-state index contributed by atoms with van der Waals surface area (Å²) in [4.78, 5) is 24.2.